The van der Waals surface area contributed by atoms with E-state index in [1.165, 1.54) is 19.5 Å². The van der Waals surface area contributed by atoms with Crippen LogP contribution in [0.1, 0.15) is 17.4 Å². The van der Waals surface area contributed by atoms with E-state index in [0.29, 0.717) is 5.57 Å². The molecule has 0 unspecified atom stereocenters. The molecule has 0 fully saturated rings. The van der Waals surface area contributed by atoms with Crippen molar-refractivity contribution >= 4 is 5.78 Å². The third-order valence-electron chi connectivity index (χ3n) is 1.46. The van der Waals surface area contributed by atoms with Gasteiger partial charge in [0.1, 0.15) is 0 Å². The van der Waals surface area contributed by atoms with Gasteiger partial charge in [0.05, 0.1) is 7.11 Å². The SMILES string of the molecule is C=C(C)C(=O)c1nccnc1OC. The number of aromatic nitrogens is 2. The number of ketones is 1. The molecule has 0 atom stereocenters. The summed E-state index contributed by atoms with van der Waals surface area (Å²) in [6, 6.07) is 0. The summed E-state index contributed by atoms with van der Waals surface area (Å²) in [5, 5.41) is 0. The highest BCUT2D eigenvalue weighted by molar-refractivity contribution is 6.07. The molecular formula is C9H10N2O2. The van der Waals surface area contributed by atoms with Crippen LogP contribution in [0.15, 0.2) is 24.5 Å². The van der Waals surface area contributed by atoms with E-state index >= 15 is 0 Å². The summed E-state index contributed by atoms with van der Waals surface area (Å²) < 4.78 is 4.88. The van der Waals surface area contributed by atoms with Crippen molar-refractivity contribution in [3.63, 3.8) is 0 Å². The van der Waals surface area contributed by atoms with Crippen LogP contribution >= 0.6 is 0 Å². The molecule has 0 radical (unpaired) electrons. The van der Waals surface area contributed by atoms with Gasteiger partial charge < -0.3 is 4.74 Å². The second-order valence-corrected chi connectivity index (χ2v) is 2.52. The van der Waals surface area contributed by atoms with E-state index in [2.05, 4.69) is 16.5 Å². The van der Waals surface area contributed by atoms with E-state index < -0.39 is 0 Å². The van der Waals surface area contributed by atoms with Gasteiger partial charge in [0, 0.05) is 12.4 Å². The van der Waals surface area contributed by atoms with Gasteiger partial charge in [0.15, 0.2) is 5.69 Å². The fraction of sp³-hybridized carbons (Fsp3) is 0.222. The van der Waals surface area contributed by atoms with Gasteiger partial charge in [-0.25, -0.2) is 9.97 Å². The Labute approximate surface area is 76.3 Å². The largest absolute Gasteiger partial charge is 0.479 e. The Morgan fingerprint density at radius 2 is 2.08 bits per heavy atom. The summed E-state index contributed by atoms with van der Waals surface area (Å²) in [5.74, 6) is -0.0135. The molecule has 1 heterocycles. The molecule has 1 aromatic rings. The number of carbonyl (C=O) groups excluding carboxylic acids is 1. The van der Waals surface area contributed by atoms with Crippen LogP contribution in [0.2, 0.25) is 0 Å². The fourth-order valence-corrected chi connectivity index (χ4v) is 0.833. The molecule has 0 amide bonds. The van der Waals surface area contributed by atoms with Crippen LogP contribution in [0.25, 0.3) is 0 Å². The van der Waals surface area contributed by atoms with Crippen molar-refractivity contribution < 1.29 is 9.53 Å². The van der Waals surface area contributed by atoms with E-state index in [1.54, 1.807) is 6.92 Å². The summed E-state index contributed by atoms with van der Waals surface area (Å²) in [4.78, 5) is 19.2. The lowest BCUT2D eigenvalue weighted by Crippen LogP contribution is -2.06. The van der Waals surface area contributed by atoms with E-state index in [9.17, 15) is 4.79 Å². The van der Waals surface area contributed by atoms with Crippen molar-refractivity contribution in [3.8, 4) is 5.88 Å². The highest BCUT2D eigenvalue weighted by Gasteiger charge is 2.14. The molecule has 0 aliphatic rings. The number of hydrogen-bond donors (Lipinski definition) is 0. The predicted molar refractivity (Wildman–Crippen MR) is 47.7 cm³/mol. The molecule has 0 saturated carbocycles. The predicted octanol–water partition coefficient (Wildman–Crippen LogP) is 1.24. The molecule has 0 aliphatic heterocycles. The van der Waals surface area contributed by atoms with Gasteiger partial charge >= 0.3 is 0 Å². The molecule has 0 spiro atoms. The lowest BCUT2D eigenvalue weighted by atomic mass is 10.1. The van der Waals surface area contributed by atoms with E-state index in [0.717, 1.165) is 0 Å². The standard InChI is InChI=1S/C9H10N2O2/c1-6(2)8(12)7-9(13-3)11-5-4-10-7/h4-5H,1H2,2-3H3. The monoisotopic (exact) mass is 178 g/mol. The molecule has 0 bridgehead atoms. The van der Waals surface area contributed by atoms with Crippen LogP contribution in [0, 0.1) is 0 Å². The van der Waals surface area contributed by atoms with Crippen LogP contribution in [0.4, 0.5) is 0 Å². The minimum atomic E-state index is -0.245. The van der Waals surface area contributed by atoms with Crippen molar-refractivity contribution in [3.05, 3.63) is 30.2 Å². The number of methoxy groups -OCH3 is 1. The van der Waals surface area contributed by atoms with E-state index in [-0.39, 0.29) is 17.4 Å². The summed E-state index contributed by atoms with van der Waals surface area (Å²) in [6.07, 6.45) is 2.91. The fourth-order valence-electron chi connectivity index (χ4n) is 0.833. The van der Waals surface area contributed by atoms with Crippen LogP contribution in [0.3, 0.4) is 0 Å². The lowest BCUT2D eigenvalue weighted by molar-refractivity contribution is 0.102. The summed E-state index contributed by atoms with van der Waals surface area (Å²) in [7, 11) is 1.44. The second kappa shape index (κ2) is 3.80. The maximum atomic E-state index is 11.4. The van der Waals surface area contributed by atoms with E-state index in [4.69, 9.17) is 4.74 Å². The van der Waals surface area contributed by atoms with Crippen LogP contribution < -0.4 is 4.74 Å². The van der Waals surface area contributed by atoms with Gasteiger partial charge in [-0.2, -0.15) is 0 Å². The number of ether oxygens (including phenoxy) is 1. The molecule has 4 nitrogen and oxygen atoms in total. The maximum absolute atomic E-state index is 11.4. The number of allylic oxidation sites excluding steroid dienone is 1. The van der Waals surface area contributed by atoms with Gasteiger partial charge in [0.2, 0.25) is 11.7 Å². The number of nitrogens with zero attached hydrogens (tertiary/aromatic N) is 2. The Balaban J connectivity index is 3.13. The number of rotatable bonds is 3. The van der Waals surface area contributed by atoms with Gasteiger partial charge in [-0.05, 0) is 12.5 Å². The molecule has 0 aromatic carbocycles. The summed E-state index contributed by atoms with van der Waals surface area (Å²) >= 11 is 0. The Hall–Kier alpha value is -1.71. The third-order valence-corrected chi connectivity index (χ3v) is 1.46. The van der Waals surface area contributed by atoms with Gasteiger partial charge in [-0.15, -0.1) is 0 Å². The van der Waals surface area contributed by atoms with E-state index in [1.807, 2.05) is 0 Å². The Kier molecular flexibility index (Phi) is 2.74. The smallest absolute Gasteiger partial charge is 0.243 e. The molecule has 1 rings (SSSR count). The first kappa shape index (κ1) is 9.38. The van der Waals surface area contributed by atoms with Crippen LogP contribution in [0.5, 0.6) is 5.88 Å². The minimum Gasteiger partial charge on any atom is -0.479 e. The maximum Gasteiger partial charge on any atom is 0.243 e. The van der Waals surface area contributed by atoms with Crippen molar-refractivity contribution in [2.75, 3.05) is 7.11 Å². The number of hydrogen-bond acceptors (Lipinski definition) is 4. The second-order valence-electron chi connectivity index (χ2n) is 2.52. The summed E-state index contributed by atoms with van der Waals surface area (Å²) in [5.41, 5.74) is 0.622. The quantitative estimate of drug-likeness (QED) is 0.516. The molecule has 0 N–H and O–H groups in total. The van der Waals surface area contributed by atoms with Crippen molar-refractivity contribution in [2.45, 2.75) is 6.92 Å². The van der Waals surface area contributed by atoms with Crippen LogP contribution in [-0.4, -0.2) is 22.9 Å². The zero-order valence-electron chi connectivity index (χ0n) is 7.57. The Bertz CT molecular complexity index is 347. The van der Waals surface area contributed by atoms with Crippen molar-refractivity contribution in [2.24, 2.45) is 0 Å². The third kappa shape index (κ3) is 1.90. The van der Waals surface area contributed by atoms with Crippen molar-refractivity contribution in [1.29, 1.82) is 0 Å². The summed E-state index contributed by atoms with van der Waals surface area (Å²) in [6.45, 7) is 5.16. The Morgan fingerprint density at radius 3 is 2.62 bits per heavy atom. The minimum absolute atomic E-state index is 0.206. The molecule has 4 heteroatoms. The Morgan fingerprint density at radius 1 is 1.46 bits per heavy atom. The average Bonchev–Trinajstić information content (AvgIpc) is 2.16. The average molecular weight is 178 g/mol. The first-order chi connectivity index (χ1) is 6.16. The zero-order valence-corrected chi connectivity index (χ0v) is 7.57. The highest BCUT2D eigenvalue weighted by Crippen LogP contribution is 2.13. The lowest BCUT2D eigenvalue weighted by Gasteiger charge is -2.03. The molecule has 13 heavy (non-hydrogen) atoms. The first-order valence-corrected chi connectivity index (χ1v) is 3.72. The molecular weight excluding hydrogens is 168 g/mol. The van der Waals surface area contributed by atoms with Gasteiger partial charge in [0.25, 0.3) is 0 Å². The van der Waals surface area contributed by atoms with Gasteiger partial charge in [-0.1, -0.05) is 6.58 Å². The number of Topliss-reactive ketones (excluding diaryl/α,β-unsaturated/α-hetero) is 1. The first-order valence-electron chi connectivity index (χ1n) is 3.72. The van der Waals surface area contributed by atoms with Gasteiger partial charge in [-0.3, -0.25) is 4.79 Å². The zero-order chi connectivity index (χ0) is 9.84. The topological polar surface area (TPSA) is 52.1 Å². The number of carbonyl (C=O) groups is 1. The molecule has 0 saturated heterocycles. The van der Waals surface area contributed by atoms with Crippen LogP contribution in [-0.2, 0) is 0 Å². The normalized spacial score (nSPS) is 9.38. The molecule has 0 aliphatic carbocycles. The van der Waals surface area contributed by atoms with Crippen molar-refractivity contribution in [1.82, 2.24) is 9.97 Å². The molecule has 68 valence electrons. The molecule has 1 aromatic heterocycles. The highest BCUT2D eigenvalue weighted by atomic mass is 16.5.